The SMILES string of the molecule is O=C(O)CCNCc1ccc(-c2noc(-c3nnn(-c4ccccc4F)c3-c3ccncc3)n2)cn1. The van der Waals surface area contributed by atoms with Gasteiger partial charge >= 0.3 is 5.97 Å². The average molecular weight is 486 g/mol. The van der Waals surface area contributed by atoms with Crippen molar-refractivity contribution in [2.45, 2.75) is 13.0 Å². The van der Waals surface area contributed by atoms with Crippen LogP contribution in [0.5, 0.6) is 0 Å². The highest BCUT2D eigenvalue weighted by Crippen LogP contribution is 2.32. The third-order valence-corrected chi connectivity index (χ3v) is 5.24. The first-order valence-electron chi connectivity index (χ1n) is 10.9. The van der Waals surface area contributed by atoms with Gasteiger partial charge in [-0.1, -0.05) is 22.5 Å². The van der Waals surface area contributed by atoms with Crippen molar-refractivity contribution >= 4 is 5.97 Å². The first-order chi connectivity index (χ1) is 17.6. The molecule has 0 bridgehead atoms. The number of aromatic nitrogens is 7. The molecule has 180 valence electrons. The van der Waals surface area contributed by atoms with Gasteiger partial charge in [-0.05, 0) is 36.4 Å². The first-order valence-corrected chi connectivity index (χ1v) is 10.9. The zero-order valence-electron chi connectivity index (χ0n) is 18.7. The van der Waals surface area contributed by atoms with Crippen LogP contribution in [0, 0.1) is 5.82 Å². The molecule has 0 amide bonds. The van der Waals surface area contributed by atoms with E-state index in [0.717, 1.165) is 5.69 Å². The van der Waals surface area contributed by atoms with E-state index < -0.39 is 11.8 Å². The van der Waals surface area contributed by atoms with Gasteiger partial charge in [0.05, 0.1) is 12.1 Å². The van der Waals surface area contributed by atoms with Crippen molar-refractivity contribution in [3.05, 3.63) is 78.6 Å². The number of aliphatic carboxylic acids is 1. The molecule has 0 saturated heterocycles. The van der Waals surface area contributed by atoms with E-state index in [-0.39, 0.29) is 23.7 Å². The molecule has 0 radical (unpaired) electrons. The molecule has 12 heteroatoms. The predicted molar refractivity (Wildman–Crippen MR) is 125 cm³/mol. The zero-order chi connectivity index (χ0) is 24.9. The van der Waals surface area contributed by atoms with E-state index in [1.807, 2.05) is 0 Å². The topological polar surface area (TPSA) is 145 Å². The number of para-hydroxylation sites is 1. The van der Waals surface area contributed by atoms with Crippen LogP contribution in [0.25, 0.3) is 39.9 Å². The second kappa shape index (κ2) is 10.2. The summed E-state index contributed by atoms with van der Waals surface area (Å²) < 4.78 is 21.5. The van der Waals surface area contributed by atoms with Gasteiger partial charge < -0.3 is 14.9 Å². The maximum atomic E-state index is 14.6. The summed E-state index contributed by atoms with van der Waals surface area (Å²) in [6.45, 7) is 0.778. The van der Waals surface area contributed by atoms with Gasteiger partial charge in [0, 0.05) is 42.8 Å². The molecule has 36 heavy (non-hydrogen) atoms. The maximum Gasteiger partial charge on any atom is 0.304 e. The van der Waals surface area contributed by atoms with Crippen LogP contribution in [0.4, 0.5) is 4.39 Å². The highest BCUT2D eigenvalue weighted by Gasteiger charge is 2.24. The van der Waals surface area contributed by atoms with Gasteiger partial charge in [0.1, 0.15) is 17.2 Å². The van der Waals surface area contributed by atoms with E-state index >= 15 is 0 Å². The molecule has 0 unspecified atom stereocenters. The number of benzene rings is 1. The number of hydrogen-bond acceptors (Lipinski definition) is 9. The van der Waals surface area contributed by atoms with Crippen LogP contribution >= 0.6 is 0 Å². The molecule has 1 aromatic carbocycles. The molecule has 2 N–H and O–H groups in total. The molecule has 0 atom stereocenters. The molecule has 0 aliphatic carbocycles. The normalized spacial score (nSPS) is 11.0. The smallest absolute Gasteiger partial charge is 0.304 e. The van der Waals surface area contributed by atoms with Gasteiger partial charge in [-0.3, -0.25) is 14.8 Å². The average Bonchev–Trinajstić information content (AvgIpc) is 3.55. The van der Waals surface area contributed by atoms with Crippen molar-refractivity contribution in [3.8, 4) is 39.9 Å². The number of nitrogens with zero attached hydrogens (tertiary/aromatic N) is 7. The second-order valence-corrected chi connectivity index (χ2v) is 7.67. The number of nitrogens with one attached hydrogen (secondary N) is 1. The molecule has 4 heterocycles. The number of carbonyl (C=O) groups is 1. The highest BCUT2D eigenvalue weighted by atomic mass is 19.1. The van der Waals surface area contributed by atoms with E-state index in [4.69, 9.17) is 9.63 Å². The van der Waals surface area contributed by atoms with Crippen LogP contribution in [0.15, 0.2) is 71.6 Å². The summed E-state index contributed by atoms with van der Waals surface area (Å²) >= 11 is 0. The number of carboxylic acid groups (broad SMARTS) is 1. The predicted octanol–water partition coefficient (Wildman–Crippen LogP) is 3.14. The van der Waals surface area contributed by atoms with E-state index in [1.54, 1.807) is 61.1 Å². The summed E-state index contributed by atoms with van der Waals surface area (Å²) in [7, 11) is 0. The standard InChI is InChI=1S/C24H19FN8O3/c25-18-3-1-2-4-19(18)33-22(15-7-10-26-11-8-15)21(30-32-33)24-29-23(31-36-24)16-5-6-17(28-13-16)14-27-12-9-20(34)35/h1-8,10-11,13,27H,9,12,14H2,(H,34,35). The largest absolute Gasteiger partial charge is 0.481 e. The van der Waals surface area contributed by atoms with Gasteiger partial charge in [-0.25, -0.2) is 9.07 Å². The van der Waals surface area contributed by atoms with Gasteiger partial charge in [0.15, 0.2) is 5.69 Å². The molecular formula is C24H19FN8O3. The summed E-state index contributed by atoms with van der Waals surface area (Å²) in [5, 5.41) is 24.2. The minimum absolute atomic E-state index is 0.0345. The van der Waals surface area contributed by atoms with Crippen molar-refractivity contribution < 1.29 is 18.8 Å². The molecule has 0 aliphatic rings. The number of hydrogen-bond donors (Lipinski definition) is 2. The Hall–Kier alpha value is -4.84. The Morgan fingerprint density at radius 1 is 1.08 bits per heavy atom. The molecule has 0 fully saturated rings. The summed E-state index contributed by atoms with van der Waals surface area (Å²) in [6.07, 6.45) is 4.86. The van der Waals surface area contributed by atoms with Crippen LogP contribution in [0.3, 0.4) is 0 Å². The van der Waals surface area contributed by atoms with Crippen LogP contribution in [-0.2, 0) is 11.3 Å². The quantitative estimate of drug-likeness (QED) is 0.298. The van der Waals surface area contributed by atoms with Gasteiger partial charge in [0.2, 0.25) is 5.82 Å². The van der Waals surface area contributed by atoms with Gasteiger partial charge in [-0.2, -0.15) is 4.98 Å². The van der Waals surface area contributed by atoms with Crippen LogP contribution in [0.2, 0.25) is 0 Å². The first kappa shape index (κ1) is 22.9. The van der Waals surface area contributed by atoms with E-state index in [9.17, 15) is 9.18 Å². The number of rotatable bonds is 9. The molecule has 4 aromatic heterocycles. The zero-order valence-corrected chi connectivity index (χ0v) is 18.7. The van der Waals surface area contributed by atoms with Crippen LogP contribution in [0.1, 0.15) is 12.1 Å². The molecule has 5 rings (SSSR count). The van der Waals surface area contributed by atoms with Crippen LogP contribution < -0.4 is 5.32 Å². The fraction of sp³-hybridized carbons (Fsp3) is 0.125. The molecular weight excluding hydrogens is 467 g/mol. The van der Waals surface area contributed by atoms with Gasteiger partial charge in [0.25, 0.3) is 5.89 Å². The van der Waals surface area contributed by atoms with E-state index in [0.29, 0.717) is 35.7 Å². The fourth-order valence-electron chi connectivity index (χ4n) is 3.50. The Balaban J connectivity index is 1.44. The van der Waals surface area contributed by atoms with Crippen molar-refractivity contribution in [3.63, 3.8) is 0 Å². The Morgan fingerprint density at radius 2 is 1.92 bits per heavy atom. The molecule has 0 aliphatic heterocycles. The van der Waals surface area contributed by atoms with Crippen molar-refractivity contribution in [1.82, 2.24) is 40.4 Å². The summed E-state index contributed by atoms with van der Waals surface area (Å²) in [6, 6.07) is 13.3. The lowest BCUT2D eigenvalue weighted by molar-refractivity contribution is -0.136. The Bertz CT molecular complexity index is 1490. The van der Waals surface area contributed by atoms with Crippen molar-refractivity contribution in [2.75, 3.05) is 6.54 Å². The Kier molecular flexibility index (Phi) is 6.49. The third kappa shape index (κ3) is 4.83. The lowest BCUT2D eigenvalue weighted by Crippen LogP contribution is -2.18. The van der Waals surface area contributed by atoms with Crippen LogP contribution in [-0.4, -0.2) is 52.7 Å². The fourth-order valence-corrected chi connectivity index (χ4v) is 3.50. The number of carboxylic acids is 1. The molecule has 5 aromatic rings. The highest BCUT2D eigenvalue weighted by molar-refractivity contribution is 5.76. The number of pyridine rings is 2. The second-order valence-electron chi connectivity index (χ2n) is 7.67. The summed E-state index contributed by atoms with van der Waals surface area (Å²) in [5.41, 5.74) is 3.02. The van der Waals surface area contributed by atoms with E-state index in [1.165, 1.54) is 10.7 Å². The lowest BCUT2D eigenvalue weighted by atomic mass is 10.1. The monoisotopic (exact) mass is 486 g/mol. The maximum absolute atomic E-state index is 14.6. The minimum atomic E-state index is -0.861. The Morgan fingerprint density at radius 3 is 2.67 bits per heavy atom. The third-order valence-electron chi connectivity index (χ3n) is 5.24. The molecule has 0 spiro atoms. The van der Waals surface area contributed by atoms with E-state index in [2.05, 4.69) is 35.7 Å². The molecule has 11 nitrogen and oxygen atoms in total. The Labute approximate surface area is 203 Å². The summed E-state index contributed by atoms with van der Waals surface area (Å²) in [5.74, 6) is -0.915. The van der Waals surface area contributed by atoms with Gasteiger partial charge in [-0.15, -0.1) is 5.10 Å². The lowest BCUT2D eigenvalue weighted by Gasteiger charge is -2.08. The van der Waals surface area contributed by atoms with Crippen molar-refractivity contribution in [1.29, 1.82) is 0 Å². The minimum Gasteiger partial charge on any atom is -0.481 e. The van der Waals surface area contributed by atoms with Crippen molar-refractivity contribution in [2.24, 2.45) is 0 Å². The summed E-state index contributed by atoms with van der Waals surface area (Å²) in [4.78, 5) is 23.5. The number of halogens is 1. The molecule has 0 saturated carbocycles.